The van der Waals surface area contributed by atoms with Gasteiger partial charge >= 0.3 is 0 Å². The van der Waals surface area contributed by atoms with Crippen LogP contribution in [0.5, 0.6) is 0 Å². The lowest BCUT2D eigenvalue weighted by atomic mass is 10.0. The molecule has 0 spiro atoms. The highest BCUT2D eigenvalue weighted by atomic mass is 32.2. The molecule has 16 heavy (non-hydrogen) atoms. The fraction of sp³-hybridized carbons (Fsp3) is 0.273. The molecule has 1 unspecified atom stereocenters. The molecule has 0 heterocycles. The molecule has 0 fully saturated rings. The Balaban J connectivity index is 3.11. The number of sulfone groups is 1. The normalized spacial score (nSPS) is 13.4. The first-order valence-electron chi connectivity index (χ1n) is 4.86. The summed E-state index contributed by atoms with van der Waals surface area (Å²) >= 11 is 0. The van der Waals surface area contributed by atoms with Gasteiger partial charge in [0.2, 0.25) is 0 Å². The van der Waals surface area contributed by atoms with E-state index in [4.69, 9.17) is 5.84 Å². The molecular weight excluding hydrogens is 224 g/mol. The maximum atomic E-state index is 11.4. The van der Waals surface area contributed by atoms with E-state index in [1.165, 1.54) is 6.26 Å². The molecule has 0 aromatic heterocycles. The zero-order valence-corrected chi connectivity index (χ0v) is 10.00. The van der Waals surface area contributed by atoms with E-state index in [-0.39, 0.29) is 6.04 Å². The Kier molecular flexibility index (Phi) is 4.23. The largest absolute Gasteiger partial charge is 0.271 e. The van der Waals surface area contributed by atoms with Crippen LogP contribution >= 0.6 is 0 Å². The van der Waals surface area contributed by atoms with Gasteiger partial charge in [0.05, 0.1) is 4.90 Å². The molecule has 0 saturated carbocycles. The van der Waals surface area contributed by atoms with Crippen molar-refractivity contribution in [2.45, 2.75) is 17.4 Å². The van der Waals surface area contributed by atoms with Crippen LogP contribution in [0.15, 0.2) is 41.8 Å². The minimum Gasteiger partial charge on any atom is -0.271 e. The van der Waals surface area contributed by atoms with Crippen molar-refractivity contribution < 1.29 is 8.42 Å². The highest BCUT2D eigenvalue weighted by molar-refractivity contribution is 7.90. The number of rotatable bonds is 5. The van der Waals surface area contributed by atoms with Crippen LogP contribution in [-0.4, -0.2) is 14.7 Å². The zero-order valence-electron chi connectivity index (χ0n) is 9.18. The van der Waals surface area contributed by atoms with Crippen molar-refractivity contribution in [1.29, 1.82) is 0 Å². The number of nitrogens with one attached hydrogen (secondary N) is 1. The molecule has 0 amide bonds. The molecule has 1 aromatic rings. The average molecular weight is 240 g/mol. The third kappa shape index (κ3) is 3.16. The van der Waals surface area contributed by atoms with E-state index in [1.54, 1.807) is 24.3 Å². The van der Waals surface area contributed by atoms with Crippen LogP contribution in [0.1, 0.15) is 18.0 Å². The first-order valence-corrected chi connectivity index (χ1v) is 6.75. The standard InChI is InChI=1S/C11H16N2O2S/c1-3-5-11(13-12)9-6-4-7-10(8-9)16(2,14)15/h3-4,6-8,11,13H,1,5,12H2,2H3. The predicted octanol–water partition coefficient (Wildman–Crippen LogP) is 1.17. The van der Waals surface area contributed by atoms with Gasteiger partial charge in [-0.2, -0.15) is 0 Å². The topological polar surface area (TPSA) is 72.2 Å². The summed E-state index contributed by atoms with van der Waals surface area (Å²) in [6, 6.07) is 6.63. The fourth-order valence-corrected chi connectivity index (χ4v) is 2.10. The summed E-state index contributed by atoms with van der Waals surface area (Å²) in [6.45, 7) is 3.63. The van der Waals surface area contributed by atoms with Crippen LogP contribution in [0.3, 0.4) is 0 Å². The Morgan fingerprint density at radius 3 is 2.75 bits per heavy atom. The maximum Gasteiger partial charge on any atom is 0.175 e. The molecule has 1 aromatic carbocycles. The molecule has 0 saturated heterocycles. The Hall–Kier alpha value is -1.17. The van der Waals surface area contributed by atoms with Gasteiger partial charge in [-0.25, -0.2) is 8.42 Å². The Morgan fingerprint density at radius 2 is 2.25 bits per heavy atom. The molecule has 3 N–H and O–H groups in total. The Morgan fingerprint density at radius 1 is 1.56 bits per heavy atom. The predicted molar refractivity (Wildman–Crippen MR) is 64.4 cm³/mol. The number of hydrogen-bond donors (Lipinski definition) is 2. The van der Waals surface area contributed by atoms with Crippen molar-refractivity contribution in [2.75, 3.05) is 6.26 Å². The van der Waals surface area contributed by atoms with Gasteiger partial charge in [-0.15, -0.1) is 6.58 Å². The van der Waals surface area contributed by atoms with E-state index in [0.29, 0.717) is 11.3 Å². The Labute approximate surface area is 96.1 Å². The lowest BCUT2D eigenvalue weighted by molar-refractivity contribution is 0.559. The van der Waals surface area contributed by atoms with Gasteiger partial charge in [-0.1, -0.05) is 18.2 Å². The minimum atomic E-state index is -3.18. The summed E-state index contributed by atoms with van der Waals surface area (Å²) in [7, 11) is -3.18. The summed E-state index contributed by atoms with van der Waals surface area (Å²) in [5.74, 6) is 5.40. The van der Waals surface area contributed by atoms with E-state index in [1.807, 2.05) is 6.07 Å². The summed E-state index contributed by atoms with van der Waals surface area (Å²) in [5.41, 5.74) is 3.47. The van der Waals surface area contributed by atoms with Crippen molar-refractivity contribution in [1.82, 2.24) is 5.43 Å². The smallest absolute Gasteiger partial charge is 0.175 e. The molecule has 0 aliphatic rings. The molecule has 88 valence electrons. The van der Waals surface area contributed by atoms with E-state index >= 15 is 0 Å². The molecule has 0 radical (unpaired) electrons. The third-order valence-electron chi connectivity index (χ3n) is 2.29. The van der Waals surface area contributed by atoms with E-state index in [2.05, 4.69) is 12.0 Å². The van der Waals surface area contributed by atoms with E-state index in [9.17, 15) is 8.42 Å². The zero-order chi connectivity index (χ0) is 12.2. The van der Waals surface area contributed by atoms with Gasteiger partial charge in [0.25, 0.3) is 0 Å². The van der Waals surface area contributed by atoms with Crippen molar-refractivity contribution in [3.05, 3.63) is 42.5 Å². The SMILES string of the molecule is C=CCC(NN)c1cccc(S(C)(=O)=O)c1. The van der Waals surface area contributed by atoms with Gasteiger partial charge in [0.1, 0.15) is 0 Å². The monoisotopic (exact) mass is 240 g/mol. The number of nitrogens with two attached hydrogens (primary N) is 1. The summed E-state index contributed by atoms with van der Waals surface area (Å²) in [5, 5.41) is 0. The first kappa shape index (κ1) is 12.9. The second-order valence-electron chi connectivity index (χ2n) is 3.59. The third-order valence-corrected chi connectivity index (χ3v) is 3.40. The quantitative estimate of drug-likeness (QED) is 0.460. The van der Waals surface area contributed by atoms with Crippen LogP contribution in [-0.2, 0) is 9.84 Å². The minimum absolute atomic E-state index is 0.112. The summed E-state index contributed by atoms with van der Waals surface area (Å²) in [6.07, 6.45) is 3.56. The van der Waals surface area contributed by atoms with Crippen LogP contribution in [0.2, 0.25) is 0 Å². The molecule has 1 atom stereocenters. The lowest BCUT2D eigenvalue weighted by Gasteiger charge is -2.14. The van der Waals surface area contributed by atoms with Crippen LogP contribution in [0.25, 0.3) is 0 Å². The van der Waals surface area contributed by atoms with Crippen molar-refractivity contribution in [2.24, 2.45) is 5.84 Å². The molecule has 0 aliphatic carbocycles. The van der Waals surface area contributed by atoms with Crippen molar-refractivity contribution in [3.8, 4) is 0 Å². The fourth-order valence-electron chi connectivity index (χ4n) is 1.43. The van der Waals surface area contributed by atoms with Gasteiger partial charge in [0.15, 0.2) is 9.84 Å². The highest BCUT2D eigenvalue weighted by Crippen LogP contribution is 2.19. The second-order valence-corrected chi connectivity index (χ2v) is 5.60. The molecular formula is C11H16N2O2S. The highest BCUT2D eigenvalue weighted by Gasteiger charge is 2.12. The molecule has 4 nitrogen and oxygen atoms in total. The Bertz CT molecular complexity index is 469. The number of hydrogen-bond acceptors (Lipinski definition) is 4. The van der Waals surface area contributed by atoms with E-state index in [0.717, 1.165) is 5.56 Å². The molecule has 0 aliphatic heterocycles. The summed E-state index contributed by atoms with van der Waals surface area (Å²) < 4.78 is 22.8. The second kappa shape index (κ2) is 5.25. The first-order chi connectivity index (χ1) is 7.49. The van der Waals surface area contributed by atoms with Crippen LogP contribution < -0.4 is 11.3 Å². The van der Waals surface area contributed by atoms with Crippen LogP contribution in [0, 0.1) is 0 Å². The molecule has 1 rings (SSSR count). The lowest BCUT2D eigenvalue weighted by Crippen LogP contribution is -2.27. The van der Waals surface area contributed by atoms with Gasteiger partial charge in [-0.05, 0) is 24.1 Å². The van der Waals surface area contributed by atoms with E-state index < -0.39 is 9.84 Å². The number of benzene rings is 1. The van der Waals surface area contributed by atoms with Gasteiger partial charge in [-0.3, -0.25) is 11.3 Å². The molecule has 5 heteroatoms. The van der Waals surface area contributed by atoms with Gasteiger partial charge in [0, 0.05) is 12.3 Å². The van der Waals surface area contributed by atoms with Crippen LogP contribution in [0.4, 0.5) is 0 Å². The molecule has 0 bridgehead atoms. The summed E-state index contributed by atoms with van der Waals surface area (Å²) in [4.78, 5) is 0.300. The number of hydrazine groups is 1. The van der Waals surface area contributed by atoms with Gasteiger partial charge < -0.3 is 0 Å². The van der Waals surface area contributed by atoms with Crippen molar-refractivity contribution in [3.63, 3.8) is 0 Å². The average Bonchev–Trinajstić information content (AvgIpc) is 2.25. The maximum absolute atomic E-state index is 11.4. The van der Waals surface area contributed by atoms with Crippen molar-refractivity contribution >= 4 is 9.84 Å².